The summed E-state index contributed by atoms with van der Waals surface area (Å²) in [5.41, 5.74) is 6.59. The zero-order chi connectivity index (χ0) is 15.5. The Bertz CT molecular complexity index is 507. The molecule has 1 aromatic carbocycles. The zero-order valence-electron chi connectivity index (χ0n) is 13.3. The summed E-state index contributed by atoms with van der Waals surface area (Å²) < 4.78 is 13.3. The van der Waals surface area contributed by atoms with Crippen molar-refractivity contribution in [3.05, 3.63) is 35.6 Å². The zero-order valence-corrected chi connectivity index (χ0v) is 14.1. The van der Waals surface area contributed by atoms with Crippen LogP contribution in [0.4, 0.5) is 4.39 Å². The number of hydrogen-bond acceptors (Lipinski definition) is 2. The lowest BCUT2D eigenvalue weighted by Gasteiger charge is -2.26. The Balaban J connectivity index is 0.00000242. The molecule has 5 heteroatoms. The van der Waals surface area contributed by atoms with Crippen LogP contribution < -0.4 is 11.1 Å². The first kappa shape index (κ1) is 18.9. The average molecular weight is 329 g/mol. The maximum atomic E-state index is 13.3. The summed E-state index contributed by atoms with van der Waals surface area (Å²) >= 11 is 0. The van der Waals surface area contributed by atoms with E-state index < -0.39 is 0 Å². The van der Waals surface area contributed by atoms with Gasteiger partial charge in [0.2, 0.25) is 5.91 Å². The lowest BCUT2D eigenvalue weighted by atomic mass is 9.84. The summed E-state index contributed by atoms with van der Waals surface area (Å²) in [7, 11) is 0. The molecule has 0 saturated heterocycles. The first-order chi connectivity index (χ1) is 9.88. The molecule has 0 aliphatic heterocycles. The van der Waals surface area contributed by atoms with Crippen LogP contribution in [0.15, 0.2) is 24.3 Å². The van der Waals surface area contributed by atoms with Gasteiger partial charge in [0.25, 0.3) is 0 Å². The monoisotopic (exact) mass is 328 g/mol. The van der Waals surface area contributed by atoms with Crippen molar-refractivity contribution in [2.24, 2.45) is 11.7 Å². The van der Waals surface area contributed by atoms with Gasteiger partial charge in [-0.25, -0.2) is 4.39 Å². The normalized spacial score (nSPS) is 21.3. The SMILES string of the molecule is CC(C)(CNC(=O)C[C@@H]1CCC[C@H]1N)c1cccc(F)c1.Cl. The number of halogens is 2. The van der Waals surface area contributed by atoms with E-state index in [9.17, 15) is 9.18 Å². The van der Waals surface area contributed by atoms with Crippen LogP contribution in [0, 0.1) is 11.7 Å². The van der Waals surface area contributed by atoms with Gasteiger partial charge in [0.05, 0.1) is 0 Å². The first-order valence-corrected chi connectivity index (χ1v) is 7.67. The molecule has 3 nitrogen and oxygen atoms in total. The van der Waals surface area contributed by atoms with E-state index in [0.29, 0.717) is 18.9 Å². The van der Waals surface area contributed by atoms with Gasteiger partial charge in [-0.1, -0.05) is 32.4 Å². The van der Waals surface area contributed by atoms with E-state index in [1.807, 2.05) is 19.9 Å². The third-order valence-corrected chi connectivity index (χ3v) is 4.50. The number of amides is 1. The summed E-state index contributed by atoms with van der Waals surface area (Å²) in [5, 5.41) is 2.97. The molecule has 1 amide bonds. The summed E-state index contributed by atoms with van der Waals surface area (Å²) in [4.78, 5) is 12.0. The Morgan fingerprint density at radius 1 is 1.41 bits per heavy atom. The van der Waals surface area contributed by atoms with E-state index in [1.165, 1.54) is 12.1 Å². The molecule has 1 aliphatic rings. The van der Waals surface area contributed by atoms with Crippen molar-refractivity contribution < 1.29 is 9.18 Å². The van der Waals surface area contributed by atoms with E-state index in [2.05, 4.69) is 5.32 Å². The predicted molar refractivity (Wildman–Crippen MR) is 89.6 cm³/mol. The maximum Gasteiger partial charge on any atom is 0.220 e. The molecule has 0 heterocycles. The number of benzene rings is 1. The second-order valence-corrected chi connectivity index (χ2v) is 6.73. The minimum atomic E-state index is -0.296. The van der Waals surface area contributed by atoms with Gasteiger partial charge in [-0.05, 0) is 36.5 Å². The van der Waals surface area contributed by atoms with Crippen molar-refractivity contribution >= 4 is 18.3 Å². The van der Waals surface area contributed by atoms with Crippen LogP contribution in [0.5, 0.6) is 0 Å². The van der Waals surface area contributed by atoms with Gasteiger partial charge in [-0.2, -0.15) is 0 Å². The number of hydrogen-bond donors (Lipinski definition) is 2. The van der Waals surface area contributed by atoms with Gasteiger partial charge in [0.15, 0.2) is 0 Å². The summed E-state index contributed by atoms with van der Waals surface area (Å²) in [6.07, 6.45) is 3.68. The highest BCUT2D eigenvalue weighted by Crippen LogP contribution is 2.27. The van der Waals surface area contributed by atoms with Crippen molar-refractivity contribution in [1.82, 2.24) is 5.32 Å². The van der Waals surface area contributed by atoms with Crippen LogP contribution >= 0.6 is 12.4 Å². The minimum absolute atomic E-state index is 0. The highest BCUT2D eigenvalue weighted by Gasteiger charge is 2.27. The second-order valence-electron chi connectivity index (χ2n) is 6.73. The summed E-state index contributed by atoms with van der Waals surface area (Å²) in [6, 6.07) is 6.71. The smallest absolute Gasteiger partial charge is 0.220 e. The molecular formula is C17H26ClFN2O. The van der Waals surface area contributed by atoms with Crippen molar-refractivity contribution in [1.29, 1.82) is 0 Å². The molecule has 0 unspecified atom stereocenters. The minimum Gasteiger partial charge on any atom is -0.355 e. The predicted octanol–water partition coefficient (Wildman–Crippen LogP) is 3.16. The molecule has 22 heavy (non-hydrogen) atoms. The first-order valence-electron chi connectivity index (χ1n) is 7.67. The Morgan fingerprint density at radius 3 is 2.73 bits per heavy atom. The van der Waals surface area contributed by atoms with E-state index >= 15 is 0 Å². The van der Waals surface area contributed by atoms with Gasteiger partial charge >= 0.3 is 0 Å². The highest BCUT2D eigenvalue weighted by molar-refractivity contribution is 5.85. The molecular weight excluding hydrogens is 303 g/mol. The van der Waals surface area contributed by atoms with Gasteiger partial charge in [0, 0.05) is 24.4 Å². The van der Waals surface area contributed by atoms with Crippen molar-refractivity contribution in [3.63, 3.8) is 0 Å². The number of rotatable bonds is 5. The third kappa shape index (κ3) is 4.96. The lowest BCUT2D eigenvalue weighted by molar-refractivity contribution is -0.122. The van der Waals surface area contributed by atoms with Crippen LogP contribution in [-0.2, 0) is 10.2 Å². The fourth-order valence-electron chi connectivity index (χ4n) is 2.96. The standard InChI is InChI=1S/C17H25FN2O.ClH/c1-17(2,13-6-4-7-14(18)10-13)11-20-16(21)9-12-5-3-8-15(12)19;/h4,6-7,10,12,15H,3,5,8-9,11,19H2,1-2H3,(H,20,21);1H/t12-,15+;/m0./s1. The molecule has 3 N–H and O–H groups in total. The molecule has 1 saturated carbocycles. The van der Waals surface area contributed by atoms with Gasteiger partial charge in [-0.15, -0.1) is 12.4 Å². The molecule has 0 bridgehead atoms. The molecule has 1 aromatic rings. The molecule has 1 fully saturated rings. The van der Waals surface area contributed by atoms with Gasteiger partial charge < -0.3 is 11.1 Å². The topological polar surface area (TPSA) is 55.1 Å². The van der Waals surface area contributed by atoms with Crippen molar-refractivity contribution in [2.75, 3.05) is 6.54 Å². The van der Waals surface area contributed by atoms with E-state index in [-0.39, 0.29) is 35.6 Å². The van der Waals surface area contributed by atoms with Crippen LogP contribution in [-0.4, -0.2) is 18.5 Å². The summed E-state index contributed by atoms with van der Waals surface area (Å²) in [6.45, 7) is 4.50. The number of nitrogens with one attached hydrogen (secondary N) is 1. The molecule has 2 atom stereocenters. The molecule has 0 radical (unpaired) electrons. The second kappa shape index (κ2) is 7.93. The molecule has 124 valence electrons. The highest BCUT2D eigenvalue weighted by atomic mass is 35.5. The van der Waals surface area contributed by atoms with Crippen LogP contribution in [0.3, 0.4) is 0 Å². The van der Waals surface area contributed by atoms with Crippen molar-refractivity contribution in [2.45, 2.75) is 51.0 Å². The Hall–Kier alpha value is -1.13. The van der Waals surface area contributed by atoms with Gasteiger partial charge in [-0.3, -0.25) is 4.79 Å². The van der Waals surface area contributed by atoms with Crippen LogP contribution in [0.2, 0.25) is 0 Å². The fraction of sp³-hybridized carbons (Fsp3) is 0.588. The van der Waals surface area contributed by atoms with E-state index in [0.717, 1.165) is 24.8 Å². The lowest BCUT2D eigenvalue weighted by Crippen LogP contribution is -2.38. The molecule has 0 aromatic heterocycles. The summed E-state index contributed by atoms with van der Waals surface area (Å²) in [5.74, 6) is 0.105. The molecule has 0 spiro atoms. The van der Waals surface area contributed by atoms with E-state index in [4.69, 9.17) is 5.73 Å². The van der Waals surface area contributed by atoms with Crippen LogP contribution in [0.25, 0.3) is 0 Å². The third-order valence-electron chi connectivity index (χ3n) is 4.50. The van der Waals surface area contributed by atoms with Gasteiger partial charge in [0.1, 0.15) is 5.82 Å². The molecule has 2 rings (SSSR count). The fourth-order valence-corrected chi connectivity index (χ4v) is 2.96. The maximum absolute atomic E-state index is 13.3. The van der Waals surface area contributed by atoms with Crippen molar-refractivity contribution in [3.8, 4) is 0 Å². The Labute approximate surface area is 138 Å². The van der Waals surface area contributed by atoms with Crippen LogP contribution in [0.1, 0.15) is 45.1 Å². The Morgan fingerprint density at radius 2 is 2.14 bits per heavy atom. The number of carbonyl (C=O) groups excluding carboxylic acids is 1. The largest absolute Gasteiger partial charge is 0.355 e. The number of carbonyl (C=O) groups is 1. The average Bonchev–Trinajstić information content (AvgIpc) is 2.82. The Kier molecular flexibility index (Phi) is 6.82. The quantitative estimate of drug-likeness (QED) is 0.872. The number of nitrogens with two attached hydrogens (primary N) is 1. The van der Waals surface area contributed by atoms with E-state index in [1.54, 1.807) is 6.07 Å². The molecule has 1 aliphatic carbocycles.